The Labute approximate surface area is 146 Å². The van der Waals surface area contributed by atoms with Gasteiger partial charge in [0.1, 0.15) is 17.6 Å². The summed E-state index contributed by atoms with van der Waals surface area (Å²) in [5, 5.41) is 2.87. The lowest BCUT2D eigenvalue weighted by atomic mass is 10.3. The van der Waals surface area contributed by atoms with Crippen LogP contribution in [0.2, 0.25) is 0 Å². The maximum atomic E-state index is 12.5. The Bertz CT molecular complexity index is 701. The topological polar surface area (TPSA) is 72.9 Å². The first kappa shape index (κ1) is 16.9. The number of hydrogen-bond donors (Lipinski definition) is 1. The molecule has 1 aliphatic rings. The second-order valence-electron chi connectivity index (χ2n) is 5.67. The molecule has 1 atom stereocenters. The van der Waals surface area contributed by atoms with Gasteiger partial charge in [-0.05, 0) is 6.07 Å². The van der Waals surface area contributed by atoms with E-state index in [-0.39, 0.29) is 12.1 Å². The van der Waals surface area contributed by atoms with Crippen molar-refractivity contribution in [3.05, 3.63) is 42.6 Å². The number of methoxy groups -OCH3 is 2. The third-order valence-corrected chi connectivity index (χ3v) is 3.96. The number of likely N-dealkylation sites (tertiary alicyclic amines) is 1. The number of nitrogens with one attached hydrogen (secondary N) is 1. The minimum absolute atomic E-state index is 0.0551. The van der Waals surface area contributed by atoms with Gasteiger partial charge in [0, 0.05) is 49.1 Å². The van der Waals surface area contributed by atoms with Crippen molar-refractivity contribution < 1.29 is 19.0 Å². The molecule has 0 spiro atoms. The van der Waals surface area contributed by atoms with Gasteiger partial charge in [0.15, 0.2) is 0 Å². The minimum atomic E-state index is -0.178. The van der Waals surface area contributed by atoms with E-state index in [0.717, 1.165) is 6.42 Å². The maximum Gasteiger partial charge on any atom is 0.321 e. The summed E-state index contributed by atoms with van der Waals surface area (Å²) >= 11 is 0. The Morgan fingerprint density at radius 1 is 1.20 bits per heavy atom. The van der Waals surface area contributed by atoms with Gasteiger partial charge in [0.2, 0.25) is 5.88 Å². The predicted molar refractivity (Wildman–Crippen MR) is 93.4 cm³/mol. The molecule has 1 saturated heterocycles. The van der Waals surface area contributed by atoms with Gasteiger partial charge >= 0.3 is 6.03 Å². The molecule has 0 radical (unpaired) electrons. The first-order valence-corrected chi connectivity index (χ1v) is 8.04. The van der Waals surface area contributed by atoms with Crippen LogP contribution < -0.4 is 19.5 Å². The largest absolute Gasteiger partial charge is 0.497 e. The third-order valence-electron chi connectivity index (χ3n) is 3.96. The van der Waals surface area contributed by atoms with E-state index in [1.54, 1.807) is 43.5 Å². The van der Waals surface area contributed by atoms with Gasteiger partial charge in [-0.15, -0.1) is 0 Å². The molecule has 3 rings (SSSR count). The van der Waals surface area contributed by atoms with Gasteiger partial charge in [-0.25, -0.2) is 9.78 Å². The monoisotopic (exact) mass is 343 g/mol. The van der Waals surface area contributed by atoms with Crippen LogP contribution >= 0.6 is 0 Å². The Morgan fingerprint density at radius 3 is 2.60 bits per heavy atom. The maximum absolute atomic E-state index is 12.5. The summed E-state index contributed by atoms with van der Waals surface area (Å²) in [5.74, 6) is 1.81. The van der Waals surface area contributed by atoms with Crippen LogP contribution in [-0.2, 0) is 0 Å². The number of nitrogens with zero attached hydrogens (tertiary/aromatic N) is 2. The van der Waals surface area contributed by atoms with Crippen LogP contribution in [0.4, 0.5) is 10.5 Å². The van der Waals surface area contributed by atoms with E-state index < -0.39 is 0 Å². The lowest BCUT2D eigenvalue weighted by molar-refractivity contribution is 0.190. The molecule has 0 saturated carbocycles. The van der Waals surface area contributed by atoms with E-state index >= 15 is 0 Å². The highest BCUT2D eigenvalue weighted by Gasteiger charge is 2.28. The van der Waals surface area contributed by atoms with Crippen molar-refractivity contribution >= 4 is 11.7 Å². The highest BCUT2D eigenvalue weighted by atomic mass is 16.5. The van der Waals surface area contributed by atoms with Gasteiger partial charge in [0.25, 0.3) is 0 Å². The zero-order valence-electron chi connectivity index (χ0n) is 14.3. The van der Waals surface area contributed by atoms with Crippen molar-refractivity contribution in [2.45, 2.75) is 12.5 Å². The smallest absolute Gasteiger partial charge is 0.321 e. The van der Waals surface area contributed by atoms with E-state index in [0.29, 0.717) is 36.2 Å². The molecule has 2 aromatic rings. The van der Waals surface area contributed by atoms with E-state index in [4.69, 9.17) is 14.2 Å². The van der Waals surface area contributed by atoms with Crippen molar-refractivity contribution in [2.75, 3.05) is 32.6 Å². The van der Waals surface area contributed by atoms with Gasteiger partial charge in [-0.2, -0.15) is 0 Å². The summed E-state index contributed by atoms with van der Waals surface area (Å²) in [5.41, 5.74) is 0.621. The molecule has 0 aliphatic carbocycles. The van der Waals surface area contributed by atoms with E-state index in [9.17, 15) is 4.79 Å². The fourth-order valence-electron chi connectivity index (χ4n) is 2.68. The number of urea groups is 1. The summed E-state index contributed by atoms with van der Waals surface area (Å²) in [6.07, 6.45) is 2.40. The first-order valence-electron chi connectivity index (χ1n) is 8.04. The number of aromatic nitrogens is 1. The Morgan fingerprint density at radius 2 is 1.96 bits per heavy atom. The first-order chi connectivity index (χ1) is 12.2. The SMILES string of the molecule is COc1cc(NC(=O)N2CC[C@@H](Oc3ccccn3)C2)cc(OC)c1. The standard InChI is InChI=1S/C18H21N3O4/c1-23-15-9-13(10-16(11-15)24-2)20-18(22)21-8-6-14(12-21)25-17-5-3-4-7-19-17/h3-5,7,9-11,14H,6,8,12H2,1-2H3,(H,20,22)/t14-/m1/s1. The summed E-state index contributed by atoms with van der Waals surface area (Å²) in [6.45, 7) is 1.15. The Hall–Kier alpha value is -2.96. The molecule has 2 amide bonds. The number of carbonyl (C=O) groups excluding carboxylic acids is 1. The summed E-state index contributed by atoms with van der Waals surface area (Å²) < 4.78 is 16.2. The van der Waals surface area contributed by atoms with E-state index in [1.807, 2.05) is 18.2 Å². The highest BCUT2D eigenvalue weighted by molar-refractivity contribution is 5.90. The van der Waals surface area contributed by atoms with Crippen molar-refractivity contribution in [3.63, 3.8) is 0 Å². The van der Waals surface area contributed by atoms with Gasteiger partial charge in [0.05, 0.1) is 20.8 Å². The number of ether oxygens (including phenoxy) is 3. The molecule has 25 heavy (non-hydrogen) atoms. The predicted octanol–water partition coefficient (Wildman–Crippen LogP) is 2.78. The lowest BCUT2D eigenvalue weighted by Gasteiger charge is -2.18. The molecule has 2 heterocycles. The number of pyridine rings is 1. The molecule has 0 bridgehead atoms. The lowest BCUT2D eigenvalue weighted by Crippen LogP contribution is -2.34. The van der Waals surface area contributed by atoms with Crippen LogP contribution in [0.1, 0.15) is 6.42 Å². The average molecular weight is 343 g/mol. The Balaban J connectivity index is 1.59. The number of rotatable bonds is 5. The van der Waals surface area contributed by atoms with Crippen molar-refractivity contribution in [3.8, 4) is 17.4 Å². The fourth-order valence-corrected chi connectivity index (χ4v) is 2.68. The molecule has 7 nitrogen and oxygen atoms in total. The molecule has 1 aromatic heterocycles. The van der Waals surface area contributed by atoms with Crippen LogP contribution in [0.15, 0.2) is 42.6 Å². The van der Waals surface area contributed by atoms with Gasteiger partial charge in [-0.3, -0.25) is 0 Å². The van der Waals surface area contributed by atoms with Gasteiger partial charge < -0.3 is 24.4 Å². The number of benzene rings is 1. The molecule has 1 aliphatic heterocycles. The quantitative estimate of drug-likeness (QED) is 0.904. The summed E-state index contributed by atoms with van der Waals surface area (Å²) in [6, 6.07) is 10.6. The molecule has 132 valence electrons. The normalized spacial score (nSPS) is 16.4. The van der Waals surface area contributed by atoms with Crippen LogP contribution in [0.5, 0.6) is 17.4 Å². The molecular formula is C18H21N3O4. The molecule has 1 aromatic carbocycles. The average Bonchev–Trinajstić information content (AvgIpc) is 3.10. The summed E-state index contributed by atoms with van der Waals surface area (Å²) in [7, 11) is 3.14. The third kappa shape index (κ3) is 4.32. The number of carbonyl (C=O) groups is 1. The summed E-state index contributed by atoms with van der Waals surface area (Å²) in [4.78, 5) is 18.3. The Kier molecular flexibility index (Phi) is 5.23. The molecular weight excluding hydrogens is 322 g/mol. The van der Waals surface area contributed by atoms with Crippen LogP contribution in [0, 0.1) is 0 Å². The second-order valence-corrected chi connectivity index (χ2v) is 5.67. The molecule has 1 fully saturated rings. The van der Waals surface area contributed by atoms with Crippen LogP contribution in [0.25, 0.3) is 0 Å². The van der Waals surface area contributed by atoms with E-state index in [2.05, 4.69) is 10.3 Å². The zero-order chi connectivity index (χ0) is 17.6. The van der Waals surface area contributed by atoms with E-state index in [1.165, 1.54) is 0 Å². The second kappa shape index (κ2) is 7.74. The van der Waals surface area contributed by atoms with Crippen molar-refractivity contribution in [1.29, 1.82) is 0 Å². The van der Waals surface area contributed by atoms with Crippen LogP contribution in [0.3, 0.4) is 0 Å². The van der Waals surface area contributed by atoms with Crippen molar-refractivity contribution in [1.82, 2.24) is 9.88 Å². The zero-order valence-corrected chi connectivity index (χ0v) is 14.3. The van der Waals surface area contributed by atoms with Gasteiger partial charge in [-0.1, -0.05) is 6.07 Å². The highest BCUT2D eigenvalue weighted by Crippen LogP contribution is 2.26. The fraction of sp³-hybridized carbons (Fsp3) is 0.333. The molecule has 7 heteroatoms. The molecule has 0 unspecified atom stereocenters. The molecule has 1 N–H and O–H groups in total. The van der Waals surface area contributed by atoms with Crippen LogP contribution in [-0.4, -0.2) is 49.3 Å². The number of anilines is 1. The van der Waals surface area contributed by atoms with Crippen molar-refractivity contribution in [2.24, 2.45) is 0 Å². The number of amides is 2. The number of hydrogen-bond acceptors (Lipinski definition) is 5. The minimum Gasteiger partial charge on any atom is -0.497 e.